The minimum atomic E-state index is -4.86. The van der Waals surface area contributed by atoms with Gasteiger partial charge >= 0.3 is 12.3 Å². The third kappa shape index (κ3) is 4.95. The summed E-state index contributed by atoms with van der Waals surface area (Å²) in [5.74, 6) is -6.12. The van der Waals surface area contributed by atoms with E-state index in [-0.39, 0.29) is 5.56 Å². The van der Waals surface area contributed by atoms with Crippen molar-refractivity contribution in [1.82, 2.24) is 4.98 Å². The van der Waals surface area contributed by atoms with Crippen LogP contribution < -0.4 is 10.5 Å². The van der Waals surface area contributed by atoms with E-state index >= 15 is 8.78 Å². The molecule has 1 aliphatic carbocycles. The van der Waals surface area contributed by atoms with Gasteiger partial charge in [-0.1, -0.05) is 18.2 Å². The number of ether oxygens (including phenoxy) is 1. The van der Waals surface area contributed by atoms with Gasteiger partial charge < -0.3 is 15.6 Å². The molecule has 3 N–H and O–H groups in total. The molecule has 1 aromatic carbocycles. The van der Waals surface area contributed by atoms with E-state index in [9.17, 15) is 27.1 Å². The number of nitrogens with two attached hydrogens (primary N) is 1. The summed E-state index contributed by atoms with van der Waals surface area (Å²) in [4.78, 5) is 3.63. The van der Waals surface area contributed by atoms with Crippen molar-refractivity contribution in [3.8, 4) is 16.9 Å². The van der Waals surface area contributed by atoms with Gasteiger partial charge in [-0.2, -0.15) is 8.78 Å². The second-order valence-corrected chi connectivity index (χ2v) is 7.45. The molecule has 4 nitrogen and oxygen atoms in total. The average Bonchev–Trinajstić information content (AvgIpc) is 2.72. The van der Waals surface area contributed by atoms with Gasteiger partial charge in [-0.25, -0.2) is 8.78 Å². The molecule has 0 saturated heterocycles. The van der Waals surface area contributed by atoms with Crippen LogP contribution in [0.1, 0.15) is 12.6 Å². The number of halogens is 7. The van der Waals surface area contributed by atoms with Crippen LogP contribution in [0.15, 0.2) is 71.9 Å². The molecule has 1 aliphatic rings. The van der Waals surface area contributed by atoms with Crippen LogP contribution in [0.4, 0.5) is 30.7 Å². The summed E-state index contributed by atoms with van der Waals surface area (Å²) in [7, 11) is 0. The van der Waals surface area contributed by atoms with Gasteiger partial charge in [-0.15, -0.1) is 18.9 Å². The van der Waals surface area contributed by atoms with Crippen molar-refractivity contribution in [2.24, 2.45) is 5.73 Å². The number of nitrogens with zero attached hydrogens (tertiary/aromatic N) is 1. The second-order valence-electron chi connectivity index (χ2n) is 7.45. The first-order chi connectivity index (χ1) is 15.2. The highest BCUT2D eigenvalue weighted by molar-refractivity contribution is 5.63. The minimum Gasteiger partial charge on any atom is -0.406 e. The van der Waals surface area contributed by atoms with Gasteiger partial charge in [0.15, 0.2) is 11.3 Å². The van der Waals surface area contributed by atoms with Crippen LogP contribution in [0.2, 0.25) is 0 Å². The molecule has 0 saturated carbocycles. The lowest BCUT2D eigenvalue weighted by atomic mass is 9.82. The van der Waals surface area contributed by atoms with Crippen LogP contribution in [-0.4, -0.2) is 34.3 Å². The first-order valence-corrected chi connectivity index (χ1v) is 9.37. The van der Waals surface area contributed by atoms with Crippen molar-refractivity contribution >= 4 is 0 Å². The van der Waals surface area contributed by atoms with Crippen LogP contribution in [-0.2, 0) is 5.92 Å². The standard InChI is InChI=1S/C22H17F7N2O2/c1-19(24)9-8-16(17(23)10-19)20(32,12-30)21(25,26)18-7-4-14(11-31-18)13-2-5-15(6-3-13)33-22(27,28)29/h2-7,9-11,32H,12,30H2,1H3/t19?,20-/m0/s1. The number of hydrogen-bond acceptors (Lipinski definition) is 4. The molecule has 0 fully saturated rings. The van der Waals surface area contributed by atoms with E-state index in [2.05, 4.69) is 9.72 Å². The lowest BCUT2D eigenvalue weighted by Gasteiger charge is -2.36. The number of alkyl halides is 6. The van der Waals surface area contributed by atoms with Crippen molar-refractivity contribution < 1.29 is 40.6 Å². The zero-order valence-corrected chi connectivity index (χ0v) is 16.9. The first-order valence-electron chi connectivity index (χ1n) is 9.37. The van der Waals surface area contributed by atoms with Crippen LogP contribution in [0.5, 0.6) is 5.75 Å². The number of aliphatic hydroxyl groups is 1. The Bertz CT molecular complexity index is 1120. The van der Waals surface area contributed by atoms with E-state index in [1.165, 1.54) is 18.2 Å². The summed E-state index contributed by atoms with van der Waals surface area (Å²) in [6.07, 6.45) is -2.77. The predicted octanol–water partition coefficient (Wildman–Crippen LogP) is 5.11. The second kappa shape index (κ2) is 8.33. The van der Waals surface area contributed by atoms with Gasteiger partial charge in [-0.3, -0.25) is 4.98 Å². The molecule has 0 radical (unpaired) electrons. The monoisotopic (exact) mass is 474 g/mol. The molecule has 2 atom stereocenters. The van der Waals surface area contributed by atoms with Crippen molar-refractivity contribution in [3.05, 3.63) is 77.6 Å². The van der Waals surface area contributed by atoms with Crippen molar-refractivity contribution in [2.45, 2.75) is 30.5 Å². The molecule has 1 unspecified atom stereocenters. The number of allylic oxidation sites excluding steroid dienone is 1. The van der Waals surface area contributed by atoms with Gasteiger partial charge in [0.25, 0.3) is 0 Å². The van der Waals surface area contributed by atoms with Crippen LogP contribution in [0.25, 0.3) is 11.1 Å². The molecule has 0 bridgehead atoms. The van der Waals surface area contributed by atoms with Gasteiger partial charge in [0.1, 0.15) is 17.3 Å². The summed E-state index contributed by atoms with van der Waals surface area (Å²) >= 11 is 0. The summed E-state index contributed by atoms with van der Waals surface area (Å²) in [6.45, 7) is -0.164. The lowest BCUT2D eigenvalue weighted by Crippen LogP contribution is -2.54. The topological polar surface area (TPSA) is 68.4 Å². The molecule has 0 amide bonds. The van der Waals surface area contributed by atoms with Gasteiger partial charge in [0, 0.05) is 18.3 Å². The molecule has 2 aromatic rings. The maximum absolute atomic E-state index is 15.2. The molecular weight excluding hydrogens is 457 g/mol. The molecule has 176 valence electrons. The van der Waals surface area contributed by atoms with E-state index < -0.39 is 52.9 Å². The molecule has 0 spiro atoms. The van der Waals surface area contributed by atoms with Crippen molar-refractivity contribution in [3.63, 3.8) is 0 Å². The Morgan fingerprint density at radius 1 is 1.06 bits per heavy atom. The Hall–Kier alpha value is -3.14. The zero-order chi connectivity index (χ0) is 24.7. The maximum Gasteiger partial charge on any atom is 0.573 e. The fourth-order valence-electron chi connectivity index (χ4n) is 3.16. The molecule has 33 heavy (non-hydrogen) atoms. The Morgan fingerprint density at radius 2 is 1.67 bits per heavy atom. The van der Waals surface area contributed by atoms with E-state index in [0.717, 1.165) is 31.3 Å². The van der Waals surface area contributed by atoms with E-state index in [1.807, 2.05) is 5.73 Å². The Kier molecular flexibility index (Phi) is 6.18. The molecule has 0 aliphatic heterocycles. The Morgan fingerprint density at radius 3 is 2.15 bits per heavy atom. The van der Waals surface area contributed by atoms with Crippen LogP contribution in [0, 0.1) is 0 Å². The molecule has 11 heteroatoms. The lowest BCUT2D eigenvalue weighted by molar-refractivity contribution is -0.274. The van der Waals surface area contributed by atoms with E-state index in [1.54, 1.807) is 0 Å². The average molecular weight is 474 g/mol. The highest BCUT2D eigenvalue weighted by atomic mass is 19.4. The fraction of sp³-hybridized carbons (Fsp3) is 0.273. The SMILES string of the molecule is CC1(F)C=C=C([C@@](O)(CN)C(F)(F)c2ccc(-c3ccc(OC(F)(F)F)cc3)cn2)C(F)=C1. The summed E-state index contributed by atoms with van der Waals surface area (Å²) in [6, 6.07) is 6.63. The number of rotatable bonds is 6. The summed E-state index contributed by atoms with van der Waals surface area (Å²) in [5, 5.41) is 10.6. The Labute approximate surface area is 183 Å². The fourth-order valence-corrected chi connectivity index (χ4v) is 3.16. The third-order valence-electron chi connectivity index (χ3n) is 4.88. The summed E-state index contributed by atoms with van der Waals surface area (Å²) in [5.41, 5.74) is 0.446. The van der Waals surface area contributed by atoms with Gasteiger partial charge in [-0.05, 0) is 42.8 Å². The highest BCUT2D eigenvalue weighted by Crippen LogP contribution is 2.45. The van der Waals surface area contributed by atoms with E-state index in [0.29, 0.717) is 17.7 Å². The number of pyridine rings is 1. The summed E-state index contributed by atoms with van der Waals surface area (Å²) < 4.78 is 99.2. The van der Waals surface area contributed by atoms with Gasteiger partial charge in [0.05, 0.1) is 5.57 Å². The quantitative estimate of drug-likeness (QED) is 0.451. The number of benzene rings is 1. The maximum atomic E-state index is 15.2. The minimum absolute atomic E-state index is 0.264. The molecular formula is C22H17F7N2O2. The van der Waals surface area contributed by atoms with Crippen molar-refractivity contribution in [2.75, 3.05) is 6.54 Å². The van der Waals surface area contributed by atoms with E-state index in [4.69, 9.17) is 5.73 Å². The highest BCUT2D eigenvalue weighted by Gasteiger charge is 2.58. The van der Waals surface area contributed by atoms with Crippen molar-refractivity contribution in [1.29, 1.82) is 0 Å². The predicted molar refractivity (Wildman–Crippen MR) is 105 cm³/mol. The van der Waals surface area contributed by atoms with Crippen LogP contribution in [0.3, 0.4) is 0 Å². The Balaban J connectivity index is 1.92. The van der Waals surface area contributed by atoms with Gasteiger partial charge in [0.2, 0.25) is 0 Å². The molecule has 1 aromatic heterocycles. The number of aromatic nitrogens is 1. The third-order valence-corrected chi connectivity index (χ3v) is 4.88. The van der Waals surface area contributed by atoms with Crippen LogP contribution >= 0.6 is 0 Å². The largest absolute Gasteiger partial charge is 0.573 e. The zero-order valence-electron chi connectivity index (χ0n) is 16.9. The smallest absolute Gasteiger partial charge is 0.406 e. The molecule has 3 rings (SSSR count). The first kappa shape index (κ1) is 24.5. The molecule has 1 heterocycles. The normalized spacial score (nSPS) is 20.7. The number of hydrogen-bond donors (Lipinski definition) is 2.